The molecule has 3 rings (SSSR count). The highest BCUT2D eigenvalue weighted by atomic mass is 32.1. The van der Waals surface area contributed by atoms with Gasteiger partial charge in [0.1, 0.15) is 17.9 Å². The van der Waals surface area contributed by atoms with Crippen molar-refractivity contribution < 1.29 is 4.74 Å². The third-order valence-corrected chi connectivity index (χ3v) is 4.10. The zero-order valence-corrected chi connectivity index (χ0v) is 12.0. The molecule has 0 aliphatic carbocycles. The summed E-state index contributed by atoms with van der Waals surface area (Å²) in [5.74, 6) is 0. The van der Waals surface area contributed by atoms with Crippen LogP contribution in [0.25, 0.3) is 0 Å². The van der Waals surface area contributed by atoms with Crippen LogP contribution in [0.15, 0.2) is 35.2 Å². The summed E-state index contributed by atoms with van der Waals surface area (Å²) in [6.45, 7) is 3.74. The van der Waals surface area contributed by atoms with Crippen LogP contribution >= 0.6 is 11.3 Å². The van der Waals surface area contributed by atoms with Gasteiger partial charge in [0.05, 0.1) is 18.0 Å². The molecule has 0 radical (unpaired) electrons. The van der Waals surface area contributed by atoms with Crippen LogP contribution < -0.4 is 4.90 Å². The van der Waals surface area contributed by atoms with Crippen molar-refractivity contribution in [3.05, 3.63) is 46.4 Å². The van der Waals surface area contributed by atoms with E-state index in [4.69, 9.17) is 10.00 Å². The summed E-state index contributed by atoms with van der Waals surface area (Å²) < 4.78 is 6.02. The van der Waals surface area contributed by atoms with Crippen LogP contribution in [0, 0.1) is 11.3 Å². The first kappa shape index (κ1) is 13.1. The molecule has 0 amide bonds. The van der Waals surface area contributed by atoms with Crippen LogP contribution in [0.1, 0.15) is 24.3 Å². The molecule has 0 saturated carbocycles. The normalized spacial score (nSPS) is 22.5. The predicted octanol–water partition coefficient (Wildman–Crippen LogP) is 2.98. The Kier molecular flexibility index (Phi) is 3.68. The molecule has 1 aliphatic heterocycles. The summed E-state index contributed by atoms with van der Waals surface area (Å²) in [7, 11) is 0. The van der Waals surface area contributed by atoms with Gasteiger partial charge in [0, 0.05) is 13.1 Å². The molecule has 1 aliphatic rings. The molecule has 1 fully saturated rings. The lowest BCUT2D eigenvalue weighted by atomic mass is 10.1. The van der Waals surface area contributed by atoms with Crippen molar-refractivity contribution in [2.45, 2.75) is 19.1 Å². The second kappa shape index (κ2) is 5.61. The fourth-order valence-electron chi connectivity index (χ4n) is 2.44. The SMILES string of the molecule is C[C@H]1CN(c2ccc(C#N)nc2)C[C@H](c2ccsc2)O1. The molecule has 102 valence electrons. The second-order valence-electron chi connectivity index (χ2n) is 4.91. The number of aromatic nitrogens is 1. The van der Waals surface area contributed by atoms with Crippen molar-refractivity contribution in [1.29, 1.82) is 5.26 Å². The Morgan fingerprint density at radius 2 is 2.30 bits per heavy atom. The van der Waals surface area contributed by atoms with Gasteiger partial charge in [0.25, 0.3) is 0 Å². The van der Waals surface area contributed by atoms with Crippen molar-refractivity contribution in [2.24, 2.45) is 0 Å². The number of nitrogens with zero attached hydrogens (tertiary/aromatic N) is 3. The molecule has 2 atom stereocenters. The summed E-state index contributed by atoms with van der Waals surface area (Å²) in [5, 5.41) is 13.0. The average Bonchev–Trinajstić information content (AvgIpc) is 3.01. The molecule has 2 aromatic heterocycles. The van der Waals surface area contributed by atoms with E-state index in [0.717, 1.165) is 18.8 Å². The van der Waals surface area contributed by atoms with Gasteiger partial charge in [-0.3, -0.25) is 0 Å². The standard InChI is InChI=1S/C15H15N3OS/c1-11-8-18(14-3-2-13(6-16)17-7-14)9-15(19-11)12-4-5-20-10-12/h2-5,7,10-11,15H,8-9H2,1H3/t11-,15+/m0/s1. The molecule has 1 saturated heterocycles. The highest BCUT2D eigenvalue weighted by Gasteiger charge is 2.27. The number of hydrogen-bond donors (Lipinski definition) is 0. The molecule has 0 aromatic carbocycles. The van der Waals surface area contributed by atoms with Crippen molar-refractivity contribution in [3.8, 4) is 6.07 Å². The van der Waals surface area contributed by atoms with Crippen LogP contribution in [0.4, 0.5) is 5.69 Å². The Balaban J connectivity index is 1.80. The molecule has 0 N–H and O–H groups in total. The quantitative estimate of drug-likeness (QED) is 0.851. The maximum Gasteiger partial charge on any atom is 0.140 e. The minimum absolute atomic E-state index is 0.0978. The van der Waals surface area contributed by atoms with Crippen LogP contribution in [-0.2, 0) is 4.74 Å². The van der Waals surface area contributed by atoms with Gasteiger partial charge >= 0.3 is 0 Å². The van der Waals surface area contributed by atoms with E-state index < -0.39 is 0 Å². The molecule has 4 nitrogen and oxygen atoms in total. The van der Waals surface area contributed by atoms with Gasteiger partial charge < -0.3 is 9.64 Å². The molecule has 0 spiro atoms. The molecule has 20 heavy (non-hydrogen) atoms. The smallest absolute Gasteiger partial charge is 0.140 e. The van der Waals surface area contributed by atoms with E-state index in [1.54, 1.807) is 23.6 Å². The van der Waals surface area contributed by atoms with Gasteiger partial charge in [-0.05, 0) is 41.4 Å². The van der Waals surface area contributed by atoms with E-state index in [-0.39, 0.29) is 12.2 Å². The monoisotopic (exact) mass is 285 g/mol. The number of rotatable bonds is 2. The zero-order valence-electron chi connectivity index (χ0n) is 11.2. The Hall–Kier alpha value is -1.90. The van der Waals surface area contributed by atoms with Crippen molar-refractivity contribution in [1.82, 2.24) is 4.98 Å². The van der Waals surface area contributed by atoms with Crippen LogP contribution in [0.3, 0.4) is 0 Å². The first-order valence-corrected chi connectivity index (χ1v) is 7.49. The molecular formula is C15H15N3OS. The van der Waals surface area contributed by atoms with E-state index in [2.05, 4.69) is 33.6 Å². The number of ether oxygens (including phenoxy) is 1. The van der Waals surface area contributed by atoms with Gasteiger partial charge in [-0.15, -0.1) is 0 Å². The van der Waals surface area contributed by atoms with Gasteiger partial charge in [-0.2, -0.15) is 16.6 Å². The number of anilines is 1. The highest BCUT2D eigenvalue weighted by Crippen LogP contribution is 2.29. The summed E-state index contributed by atoms with van der Waals surface area (Å²) in [5.41, 5.74) is 2.72. The van der Waals surface area contributed by atoms with Crippen LogP contribution in [-0.4, -0.2) is 24.2 Å². The fourth-order valence-corrected chi connectivity index (χ4v) is 3.15. The topological polar surface area (TPSA) is 49.2 Å². The second-order valence-corrected chi connectivity index (χ2v) is 5.69. The van der Waals surface area contributed by atoms with Gasteiger partial charge in [-0.25, -0.2) is 4.98 Å². The van der Waals surface area contributed by atoms with E-state index >= 15 is 0 Å². The minimum atomic E-state index is 0.0978. The number of hydrogen-bond acceptors (Lipinski definition) is 5. The van der Waals surface area contributed by atoms with Crippen molar-refractivity contribution >= 4 is 17.0 Å². The Morgan fingerprint density at radius 3 is 2.95 bits per heavy atom. The predicted molar refractivity (Wildman–Crippen MR) is 78.8 cm³/mol. The minimum Gasteiger partial charge on any atom is -0.367 e. The molecular weight excluding hydrogens is 270 g/mol. The third kappa shape index (κ3) is 2.67. The fraction of sp³-hybridized carbons (Fsp3) is 0.333. The lowest BCUT2D eigenvalue weighted by Gasteiger charge is -2.37. The molecule has 0 bridgehead atoms. The van der Waals surface area contributed by atoms with E-state index in [9.17, 15) is 0 Å². The van der Waals surface area contributed by atoms with Gasteiger partial charge in [0.2, 0.25) is 0 Å². The zero-order chi connectivity index (χ0) is 13.9. The van der Waals surface area contributed by atoms with Gasteiger partial charge in [-0.1, -0.05) is 0 Å². The largest absolute Gasteiger partial charge is 0.367 e. The third-order valence-electron chi connectivity index (χ3n) is 3.40. The van der Waals surface area contributed by atoms with E-state index in [0.29, 0.717) is 5.69 Å². The molecule has 3 heterocycles. The summed E-state index contributed by atoms with van der Waals surface area (Å²) in [6.07, 6.45) is 2.03. The summed E-state index contributed by atoms with van der Waals surface area (Å²) in [6, 6.07) is 7.87. The summed E-state index contributed by atoms with van der Waals surface area (Å²) in [4.78, 5) is 6.41. The molecule has 5 heteroatoms. The Labute approximate surface area is 122 Å². The molecule has 0 unspecified atom stereocenters. The number of pyridine rings is 1. The van der Waals surface area contributed by atoms with Crippen LogP contribution in [0.2, 0.25) is 0 Å². The summed E-state index contributed by atoms with van der Waals surface area (Å²) >= 11 is 1.69. The van der Waals surface area contributed by atoms with Crippen LogP contribution in [0.5, 0.6) is 0 Å². The highest BCUT2D eigenvalue weighted by molar-refractivity contribution is 7.07. The van der Waals surface area contributed by atoms with Gasteiger partial charge in [0.15, 0.2) is 0 Å². The first-order valence-electron chi connectivity index (χ1n) is 6.55. The van der Waals surface area contributed by atoms with Crippen molar-refractivity contribution in [3.63, 3.8) is 0 Å². The number of thiophene rings is 1. The van der Waals surface area contributed by atoms with E-state index in [1.165, 1.54) is 5.56 Å². The Bertz CT molecular complexity index is 603. The lowest BCUT2D eigenvalue weighted by molar-refractivity contribution is -0.0171. The number of nitriles is 1. The van der Waals surface area contributed by atoms with Crippen molar-refractivity contribution in [2.75, 3.05) is 18.0 Å². The lowest BCUT2D eigenvalue weighted by Crippen LogP contribution is -2.42. The maximum atomic E-state index is 8.80. The first-order chi connectivity index (χ1) is 9.76. The average molecular weight is 285 g/mol. The Morgan fingerprint density at radius 1 is 1.40 bits per heavy atom. The maximum absolute atomic E-state index is 8.80. The number of morpholine rings is 1. The molecule has 2 aromatic rings. The van der Waals surface area contributed by atoms with E-state index in [1.807, 2.05) is 12.1 Å².